The molecule has 0 atom stereocenters. The highest BCUT2D eigenvalue weighted by atomic mass is 19.1. The van der Waals surface area contributed by atoms with Gasteiger partial charge in [0.2, 0.25) is 0 Å². The van der Waals surface area contributed by atoms with Crippen LogP contribution < -0.4 is 10.6 Å². The number of aromatic nitrogens is 2. The van der Waals surface area contributed by atoms with Crippen molar-refractivity contribution in [2.75, 3.05) is 13.6 Å². The number of guanidine groups is 1. The Kier molecular flexibility index (Phi) is 4.79. The maximum absolute atomic E-state index is 13.1. The molecule has 2 N–H and O–H groups in total. The summed E-state index contributed by atoms with van der Waals surface area (Å²) in [6.45, 7) is 5.58. The summed E-state index contributed by atoms with van der Waals surface area (Å²) in [5, 5.41) is 11.2. The zero-order valence-corrected chi connectivity index (χ0v) is 15.4. The Morgan fingerprint density at radius 2 is 1.92 bits per heavy atom. The quantitative estimate of drug-likeness (QED) is 0.648. The van der Waals surface area contributed by atoms with Crippen molar-refractivity contribution in [3.05, 3.63) is 52.6 Å². The molecule has 1 saturated carbocycles. The van der Waals surface area contributed by atoms with Crippen LogP contribution in [-0.4, -0.2) is 29.3 Å². The lowest BCUT2D eigenvalue weighted by Gasteiger charge is -2.19. The van der Waals surface area contributed by atoms with Crippen molar-refractivity contribution in [1.82, 2.24) is 20.4 Å². The Balaban J connectivity index is 1.59. The van der Waals surface area contributed by atoms with Gasteiger partial charge in [0.25, 0.3) is 0 Å². The minimum atomic E-state index is -0.188. The SMILES string of the molecule is CN=C(NCc1c(C)nn(C)c1C)NCC1(c2ccc(F)cc2)CC1. The highest BCUT2D eigenvalue weighted by Crippen LogP contribution is 2.47. The molecule has 0 spiro atoms. The van der Waals surface area contributed by atoms with Gasteiger partial charge in [0.1, 0.15) is 5.82 Å². The third kappa shape index (κ3) is 3.67. The number of aryl methyl sites for hydroxylation is 2. The molecular formula is C19H26FN5. The summed E-state index contributed by atoms with van der Waals surface area (Å²) in [5.41, 5.74) is 4.69. The Morgan fingerprint density at radius 3 is 2.44 bits per heavy atom. The van der Waals surface area contributed by atoms with Crippen LogP contribution in [0.2, 0.25) is 0 Å². The molecular weight excluding hydrogens is 317 g/mol. The molecule has 3 rings (SSSR count). The molecule has 0 saturated heterocycles. The van der Waals surface area contributed by atoms with E-state index < -0.39 is 0 Å². The maximum Gasteiger partial charge on any atom is 0.191 e. The first-order valence-electron chi connectivity index (χ1n) is 8.65. The topological polar surface area (TPSA) is 54.2 Å². The number of hydrogen-bond donors (Lipinski definition) is 2. The summed E-state index contributed by atoms with van der Waals surface area (Å²) >= 11 is 0. The van der Waals surface area contributed by atoms with Crippen molar-refractivity contribution in [2.45, 2.75) is 38.6 Å². The number of hydrogen-bond acceptors (Lipinski definition) is 2. The van der Waals surface area contributed by atoms with E-state index in [1.54, 1.807) is 7.05 Å². The second-order valence-corrected chi connectivity index (χ2v) is 6.84. The molecule has 25 heavy (non-hydrogen) atoms. The van der Waals surface area contributed by atoms with Gasteiger partial charge >= 0.3 is 0 Å². The van der Waals surface area contributed by atoms with E-state index in [0.29, 0.717) is 6.54 Å². The molecule has 2 aromatic rings. The lowest BCUT2D eigenvalue weighted by molar-refractivity contribution is 0.617. The predicted molar refractivity (Wildman–Crippen MR) is 98.2 cm³/mol. The minimum Gasteiger partial charge on any atom is -0.356 e. The Morgan fingerprint density at radius 1 is 1.24 bits per heavy atom. The molecule has 1 heterocycles. The van der Waals surface area contributed by atoms with Crippen LogP contribution in [0.25, 0.3) is 0 Å². The summed E-state index contributed by atoms with van der Waals surface area (Å²) in [6, 6.07) is 6.86. The normalized spacial score (nSPS) is 16.0. The highest BCUT2D eigenvalue weighted by Gasteiger charge is 2.44. The number of benzene rings is 1. The average Bonchev–Trinajstić information content (AvgIpc) is 3.34. The van der Waals surface area contributed by atoms with Gasteiger partial charge < -0.3 is 10.6 Å². The Labute approximate surface area is 148 Å². The molecule has 1 aliphatic rings. The van der Waals surface area contributed by atoms with E-state index in [0.717, 1.165) is 36.7 Å². The van der Waals surface area contributed by atoms with Crippen molar-refractivity contribution in [3.8, 4) is 0 Å². The van der Waals surface area contributed by atoms with E-state index in [1.165, 1.54) is 23.3 Å². The number of nitrogens with zero attached hydrogens (tertiary/aromatic N) is 3. The molecule has 1 aromatic carbocycles. The van der Waals surface area contributed by atoms with Gasteiger partial charge in [-0.05, 0) is 44.4 Å². The zero-order chi connectivity index (χ0) is 18.0. The summed E-state index contributed by atoms with van der Waals surface area (Å²) in [6.07, 6.45) is 2.23. The average molecular weight is 343 g/mol. The number of rotatable bonds is 5. The second kappa shape index (κ2) is 6.86. The Hall–Kier alpha value is -2.37. The van der Waals surface area contributed by atoms with Crippen LogP contribution in [0, 0.1) is 19.7 Å². The monoisotopic (exact) mass is 343 g/mol. The molecule has 1 aromatic heterocycles. The highest BCUT2D eigenvalue weighted by molar-refractivity contribution is 5.79. The van der Waals surface area contributed by atoms with Gasteiger partial charge in [-0.25, -0.2) is 4.39 Å². The molecule has 6 heteroatoms. The maximum atomic E-state index is 13.1. The van der Waals surface area contributed by atoms with E-state index in [-0.39, 0.29) is 11.2 Å². The standard InChI is InChI=1S/C19H26FN5/c1-13-17(14(2)25(4)24-13)11-22-18(21-3)23-12-19(9-10-19)15-5-7-16(20)8-6-15/h5-8H,9-12H2,1-4H3,(H2,21,22,23). The zero-order valence-electron chi connectivity index (χ0n) is 15.4. The van der Waals surface area contributed by atoms with Crippen molar-refractivity contribution >= 4 is 5.96 Å². The number of halogens is 1. The summed E-state index contributed by atoms with van der Waals surface area (Å²) in [5.74, 6) is 0.586. The van der Waals surface area contributed by atoms with Crippen LogP contribution in [0.15, 0.2) is 29.3 Å². The molecule has 0 amide bonds. The van der Waals surface area contributed by atoms with Crippen molar-refractivity contribution in [3.63, 3.8) is 0 Å². The summed E-state index contributed by atoms with van der Waals surface area (Å²) in [4.78, 5) is 4.32. The van der Waals surface area contributed by atoms with Gasteiger partial charge in [-0.2, -0.15) is 5.10 Å². The molecule has 0 bridgehead atoms. The lowest BCUT2D eigenvalue weighted by atomic mass is 9.96. The number of nitrogens with one attached hydrogen (secondary N) is 2. The third-order valence-electron chi connectivity index (χ3n) is 5.22. The fraction of sp³-hybridized carbons (Fsp3) is 0.474. The first kappa shape index (κ1) is 17.5. The van der Waals surface area contributed by atoms with E-state index in [2.05, 4.69) is 27.6 Å². The van der Waals surface area contributed by atoms with Crippen molar-refractivity contribution < 1.29 is 4.39 Å². The first-order chi connectivity index (χ1) is 11.9. The smallest absolute Gasteiger partial charge is 0.191 e. The van der Waals surface area contributed by atoms with Gasteiger partial charge in [0.05, 0.1) is 5.69 Å². The fourth-order valence-electron chi connectivity index (χ4n) is 3.24. The summed E-state index contributed by atoms with van der Waals surface area (Å²) < 4.78 is 15.0. The molecule has 134 valence electrons. The van der Waals surface area contributed by atoms with Crippen LogP contribution in [0.1, 0.15) is 35.4 Å². The lowest BCUT2D eigenvalue weighted by Crippen LogP contribution is -2.41. The van der Waals surface area contributed by atoms with Gasteiger partial charge in [-0.3, -0.25) is 9.67 Å². The van der Waals surface area contributed by atoms with E-state index >= 15 is 0 Å². The van der Waals surface area contributed by atoms with Gasteiger partial charge in [-0.15, -0.1) is 0 Å². The van der Waals surface area contributed by atoms with Crippen LogP contribution in [0.4, 0.5) is 4.39 Å². The van der Waals surface area contributed by atoms with E-state index in [9.17, 15) is 4.39 Å². The molecule has 0 radical (unpaired) electrons. The van der Waals surface area contributed by atoms with Crippen LogP contribution in [-0.2, 0) is 19.0 Å². The third-order valence-corrected chi connectivity index (χ3v) is 5.22. The fourth-order valence-corrected chi connectivity index (χ4v) is 3.24. The molecule has 5 nitrogen and oxygen atoms in total. The molecule has 0 unspecified atom stereocenters. The van der Waals surface area contributed by atoms with E-state index in [1.807, 2.05) is 30.8 Å². The van der Waals surface area contributed by atoms with Gasteiger partial charge in [0, 0.05) is 43.9 Å². The van der Waals surface area contributed by atoms with Gasteiger partial charge in [-0.1, -0.05) is 12.1 Å². The Bertz CT molecular complexity index is 772. The molecule has 1 fully saturated rings. The second-order valence-electron chi connectivity index (χ2n) is 6.84. The van der Waals surface area contributed by atoms with Crippen LogP contribution in [0.5, 0.6) is 0 Å². The predicted octanol–water partition coefficient (Wildman–Crippen LogP) is 2.57. The van der Waals surface area contributed by atoms with Crippen molar-refractivity contribution in [1.29, 1.82) is 0 Å². The largest absolute Gasteiger partial charge is 0.356 e. The summed E-state index contributed by atoms with van der Waals surface area (Å²) in [7, 11) is 3.73. The van der Waals surface area contributed by atoms with Crippen LogP contribution in [0.3, 0.4) is 0 Å². The van der Waals surface area contributed by atoms with Crippen LogP contribution >= 0.6 is 0 Å². The molecule has 0 aliphatic heterocycles. The van der Waals surface area contributed by atoms with Crippen molar-refractivity contribution in [2.24, 2.45) is 12.0 Å². The molecule has 1 aliphatic carbocycles. The van der Waals surface area contributed by atoms with E-state index in [4.69, 9.17) is 0 Å². The van der Waals surface area contributed by atoms with Gasteiger partial charge in [0.15, 0.2) is 5.96 Å². The number of aliphatic imine (C=N–C) groups is 1. The first-order valence-corrected chi connectivity index (χ1v) is 8.65. The minimum absolute atomic E-state index is 0.103.